The van der Waals surface area contributed by atoms with Gasteiger partial charge in [0.15, 0.2) is 0 Å². The SMILES string of the molecule is Cc1noc(C)c1COc1ccc(CC(=O)NC(C)C2CC2)cc1. The van der Waals surface area contributed by atoms with Crippen molar-refractivity contribution in [1.82, 2.24) is 10.5 Å². The van der Waals surface area contributed by atoms with Gasteiger partial charge in [-0.05, 0) is 57.2 Å². The van der Waals surface area contributed by atoms with E-state index >= 15 is 0 Å². The highest BCUT2D eigenvalue weighted by atomic mass is 16.5. The molecule has 1 atom stereocenters. The third-order valence-corrected chi connectivity index (χ3v) is 4.57. The summed E-state index contributed by atoms with van der Waals surface area (Å²) in [5, 5.41) is 6.99. The molecule has 0 radical (unpaired) electrons. The normalized spacial score (nSPS) is 15.1. The average Bonchev–Trinajstić information content (AvgIpc) is 3.35. The Hall–Kier alpha value is -2.30. The van der Waals surface area contributed by atoms with Gasteiger partial charge in [0.25, 0.3) is 0 Å². The Bertz CT molecular complexity index is 682. The van der Waals surface area contributed by atoms with Crippen molar-refractivity contribution in [3.63, 3.8) is 0 Å². The number of aryl methyl sites for hydroxylation is 2. The van der Waals surface area contributed by atoms with Gasteiger partial charge in [-0.3, -0.25) is 4.79 Å². The van der Waals surface area contributed by atoms with Gasteiger partial charge >= 0.3 is 0 Å². The van der Waals surface area contributed by atoms with Crippen molar-refractivity contribution >= 4 is 5.91 Å². The summed E-state index contributed by atoms with van der Waals surface area (Å²) in [5.41, 5.74) is 2.82. The van der Waals surface area contributed by atoms with Crippen molar-refractivity contribution < 1.29 is 14.1 Å². The third-order valence-electron chi connectivity index (χ3n) is 4.57. The summed E-state index contributed by atoms with van der Waals surface area (Å²) in [5.74, 6) is 2.31. The molecule has 0 spiro atoms. The first-order valence-corrected chi connectivity index (χ1v) is 8.46. The lowest BCUT2D eigenvalue weighted by atomic mass is 10.1. The van der Waals surface area contributed by atoms with Crippen molar-refractivity contribution in [2.24, 2.45) is 5.92 Å². The molecule has 0 aliphatic heterocycles. The van der Waals surface area contributed by atoms with Gasteiger partial charge in [-0.2, -0.15) is 0 Å². The van der Waals surface area contributed by atoms with E-state index in [1.165, 1.54) is 12.8 Å². The Morgan fingerprint density at radius 3 is 2.62 bits per heavy atom. The first-order valence-electron chi connectivity index (χ1n) is 8.46. The summed E-state index contributed by atoms with van der Waals surface area (Å²) in [7, 11) is 0. The lowest BCUT2D eigenvalue weighted by molar-refractivity contribution is -0.121. The standard InChI is InChI=1S/C19H24N2O3/c1-12(16-6-7-16)20-19(22)10-15-4-8-17(9-5-15)23-11-18-13(2)21-24-14(18)3/h4-5,8-9,12,16H,6-7,10-11H2,1-3H3,(H,20,22). The van der Waals surface area contributed by atoms with E-state index in [9.17, 15) is 4.79 Å². The maximum absolute atomic E-state index is 12.0. The van der Waals surface area contributed by atoms with Crippen LogP contribution in [0.4, 0.5) is 0 Å². The Morgan fingerprint density at radius 1 is 1.33 bits per heavy atom. The highest BCUT2D eigenvalue weighted by Gasteiger charge is 2.28. The van der Waals surface area contributed by atoms with Crippen molar-refractivity contribution in [1.29, 1.82) is 0 Å². The van der Waals surface area contributed by atoms with Crippen LogP contribution in [0.3, 0.4) is 0 Å². The fourth-order valence-corrected chi connectivity index (χ4v) is 2.77. The average molecular weight is 328 g/mol. The Labute approximate surface area is 142 Å². The fourth-order valence-electron chi connectivity index (χ4n) is 2.77. The molecule has 5 heteroatoms. The fraction of sp³-hybridized carbons (Fsp3) is 0.474. The quantitative estimate of drug-likeness (QED) is 0.847. The van der Waals surface area contributed by atoms with E-state index in [1.807, 2.05) is 38.1 Å². The Morgan fingerprint density at radius 2 is 2.04 bits per heavy atom. The number of carbonyl (C=O) groups is 1. The number of hydrogen-bond acceptors (Lipinski definition) is 4. The van der Waals surface area contributed by atoms with Crippen molar-refractivity contribution in [3.05, 3.63) is 46.8 Å². The van der Waals surface area contributed by atoms with E-state index in [4.69, 9.17) is 9.26 Å². The Kier molecular flexibility index (Phi) is 4.88. The number of ether oxygens (including phenoxy) is 1. The molecule has 1 aliphatic carbocycles. The molecule has 128 valence electrons. The van der Waals surface area contributed by atoms with Crippen LogP contribution in [0.2, 0.25) is 0 Å². The number of carbonyl (C=O) groups excluding carboxylic acids is 1. The maximum atomic E-state index is 12.0. The second-order valence-electron chi connectivity index (χ2n) is 6.61. The van der Waals surface area contributed by atoms with Crippen LogP contribution in [0.25, 0.3) is 0 Å². The number of amides is 1. The molecule has 1 aliphatic rings. The summed E-state index contributed by atoms with van der Waals surface area (Å²) < 4.78 is 10.9. The zero-order valence-corrected chi connectivity index (χ0v) is 14.5. The molecule has 1 aromatic heterocycles. The molecular formula is C19H24N2O3. The number of nitrogens with one attached hydrogen (secondary N) is 1. The van der Waals surface area contributed by atoms with Crippen LogP contribution >= 0.6 is 0 Å². The molecule has 0 saturated heterocycles. The lowest BCUT2D eigenvalue weighted by Gasteiger charge is -2.13. The number of benzene rings is 1. The molecule has 1 fully saturated rings. The second kappa shape index (κ2) is 7.07. The summed E-state index contributed by atoms with van der Waals surface area (Å²) in [4.78, 5) is 12.0. The van der Waals surface area contributed by atoms with E-state index in [1.54, 1.807) is 0 Å². The molecule has 24 heavy (non-hydrogen) atoms. The summed E-state index contributed by atoms with van der Waals surface area (Å²) >= 11 is 0. The maximum Gasteiger partial charge on any atom is 0.224 e. The summed E-state index contributed by atoms with van der Waals surface area (Å²) in [6.07, 6.45) is 2.87. The van der Waals surface area contributed by atoms with Crippen LogP contribution in [0.5, 0.6) is 5.75 Å². The lowest BCUT2D eigenvalue weighted by Crippen LogP contribution is -2.35. The number of hydrogen-bond donors (Lipinski definition) is 1. The van der Waals surface area contributed by atoms with Crippen LogP contribution < -0.4 is 10.1 Å². The van der Waals surface area contributed by atoms with Gasteiger partial charge in [0.1, 0.15) is 18.1 Å². The summed E-state index contributed by atoms with van der Waals surface area (Å²) in [6, 6.07) is 7.94. The van der Waals surface area contributed by atoms with Crippen molar-refractivity contribution in [3.8, 4) is 5.75 Å². The topological polar surface area (TPSA) is 64.4 Å². The zero-order chi connectivity index (χ0) is 17.1. The van der Waals surface area contributed by atoms with Crippen LogP contribution in [-0.4, -0.2) is 17.1 Å². The van der Waals surface area contributed by atoms with Gasteiger partial charge in [-0.15, -0.1) is 0 Å². The smallest absolute Gasteiger partial charge is 0.224 e. The van der Waals surface area contributed by atoms with Gasteiger partial charge in [0.2, 0.25) is 5.91 Å². The number of aromatic nitrogens is 1. The Balaban J connectivity index is 1.50. The molecule has 0 bridgehead atoms. The molecule has 1 N–H and O–H groups in total. The molecular weight excluding hydrogens is 304 g/mol. The monoisotopic (exact) mass is 328 g/mol. The number of nitrogens with zero attached hydrogens (tertiary/aromatic N) is 1. The van der Waals surface area contributed by atoms with Crippen LogP contribution in [0, 0.1) is 19.8 Å². The second-order valence-corrected chi connectivity index (χ2v) is 6.61. The van der Waals surface area contributed by atoms with E-state index in [0.717, 1.165) is 28.3 Å². The molecule has 5 nitrogen and oxygen atoms in total. The molecule has 1 saturated carbocycles. The molecule has 1 unspecified atom stereocenters. The van der Waals surface area contributed by atoms with Gasteiger partial charge in [-0.1, -0.05) is 17.3 Å². The van der Waals surface area contributed by atoms with Crippen LogP contribution in [-0.2, 0) is 17.8 Å². The highest BCUT2D eigenvalue weighted by molar-refractivity contribution is 5.78. The molecule has 1 aromatic carbocycles. The predicted molar refractivity (Wildman–Crippen MR) is 90.8 cm³/mol. The van der Waals surface area contributed by atoms with Crippen molar-refractivity contribution in [2.75, 3.05) is 0 Å². The molecule has 3 rings (SSSR count). The van der Waals surface area contributed by atoms with Crippen LogP contribution in [0.15, 0.2) is 28.8 Å². The largest absolute Gasteiger partial charge is 0.489 e. The van der Waals surface area contributed by atoms with Crippen molar-refractivity contribution in [2.45, 2.75) is 52.7 Å². The minimum atomic E-state index is 0.0822. The third kappa shape index (κ3) is 4.16. The van der Waals surface area contributed by atoms with Gasteiger partial charge < -0.3 is 14.6 Å². The minimum absolute atomic E-state index is 0.0822. The van der Waals surface area contributed by atoms with E-state index in [0.29, 0.717) is 18.9 Å². The van der Waals surface area contributed by atoms with Gasteiger partial charge in [0.05, 0.1) is 17.7 Å². The first kappa shape index (κ1) is 16.6. The van der Waals surface area contributed by atoms with Gasteiger partial charge in [-0.25, -0.2) is 0 Å². The van der Waals surface area contributed by atoms with E-state index in [2.05, 4.69) is 17.4 Å². The number of rotatable bonds is 7. The molecule has 2 aromatic rings. The molecule has 1 amide bonds. The van der Waals surface area contributed by atoms with Crippen LogP contribution in [0.1, 0.15) is 42.3 Å². The highest BCUT2D eigenvalue weighted by Crippen LogP contribution is 2.32. The zero-order valence-electron chi connectivity index (χ0n) is 14.5. The van der Waals surface area contributed by atoms with Gasteiger partial charge in [0, 0.05) is 6.04 Å². The van der Waals surface area contributed by atoms with E-state index < -0.39 is 0 Å². The summed E-state index contributed by atoms with van der Waals surface area (Å²) in [6.45, 7) is 6.30. The predicted octanol–water partition coefficient (Wildman–Crippen LogP) is 3.33. The minimum Gasteiger partial charge on any atom is -0.489 e. The van der Waals surface area contributed by atoms with E-state index in [-0.39, 0.29) is 11.9 Å². The first-order chi connectivity index (χ1) is 11.5. The molecule has 1 heterocycles.